The van der Waals surface area contributed by atoms with Gasteiger partial charge in [-0.25, -0.2) is 0 Å². The fraction of sp³-hybridized carbons (Fsp3) is 0.360. The van der Waals surface area contributed by atoms with Gasteiger partial charge in [-0.05, 0) is 24.5 Å². The van der Waals surface area contributed by atoms with Crippen molar-refractivity contribution in [2.75, 3.05) is 13.1 Å². The summed E-state index contributed by atoms with van der Waals surface area (Å²) in [6, 6.07) is 17.2. The number of amides is 1. The summed E-state index contributed by atoms with van der Waals surface area (Å²) in [5.74, 6) is -0.0849. The van der Waals surface area contributed by atoms with Crippen LogP contribution in [0, 0.1) is 0 Å². The summed E-state index contributed by atoms with van der Waals surface area (Å²) in [5.41, 5.74) is 0.986. The second kappa shape index (κ2) is 7.94. The minimum atomic E-state index is -0.415. The van der Waals surface area contributed by atoms with Gasteiger partial charge in [-0.1, -0.05) is 48.5 Å². The number of carbonyl (C=O) groups excluding carboxylic acids is 1. The molecule has 3 aromatic rings. The van der Waals surface area contributed by atoms with Gasteiger partial charge < -0.3 is 19.7 Å². The van der Waals surface area contributed by atoms with Gasteiger partial charge in [0.2, 0.25) is 0 Å². The molecule has 6 nitrogen and oxygen atoms in total. The van der Waals surface area contributed by atoms with Crippen LogP contribution in [0.5, 0.6) is 0 Å². The largest absolute Gasteiger partial charge is 0.393 e. The van der Waals surface area contributed by atoms with Crippen LogP contribution in [0.4, 0.5) is 0 Å². The molecule has 160 valence electrons. The molecular weight excluding hydrogens is 392 g/mol. The number of fused-ring (bicyclic) bond motifs is 1. The number of hydrogen-bond donors (Lipinski definition) is 2. The lowest BCUT2D eigenvalue weighted by molar-refractivity contribution is -0.181. The first-order valence-electron chi connectivity index (χ1n) is 10.9. The Morgan fingerprint density at radius 1 is 1.03 bits per heavy atom. The Bertz CT molecular complexity index is 1150. The number of hydrogen-bond acceptors (Lipinski definition) is 4. The molecule has 0 aliphatic carbocycles. The smallest absolute Gasteiger partial charge is 0.255 e. The SMILES string of the molecule is O=C(c1c[nH]c(=O)c2ccccc12)N1CCC2(CC1)C[C@@H](O)C[C@H](c1ccccc1)O2. The van der Waals surface area contributed by atoms with Crippen LogP contribution < -0.4 is 5.56 Å². The van der Waals surface area contributed by atoms with Crippen molar-refractivity contribution >= 4 is 16.7 Å². The van der Waals surface area contributed by atoms with Crippen LogP contribution >= 0.6 is 0 Å². The summed E-state index contributed by atoms with van der Waals surface area (Å²) in [7, 11) is 0. The van der Waals surface area contributed by atoms with Gasteiger partial charge in [-0.2, -0.15) is 0 Å². The van der Waals surface area contributed by atoms with Crippen molar-refractivity contribution < 1.29 is 14.6 Å². The Hall–Kier alpha value is -2.96. The van der Waals surface area contributed by atoms with E-state index < -0.39 is 11.7 Å². The van der Waals surface area contributed by atoms with Crippen molar-refractivity contribution in [1.82, 2.24) is 9.88 Å². The zero-order chi connectivity index (χ0) is 21.4. The van der Waals surface area contributed by atoms with Crippen molar-refractivity contribution in [3.05, 3.63) is 82.3 Å². The number of aromatic nitrogens is 1. The number of nitrogens with zero attached hydrogens (tertiary/aromatic N) is 1. The van der Waals surface area contributed by atoms with Crippen LogP contribution in [0.25, 0.3) is 10.8 Å². The molecule has 1 amide bonds. The maximum Gasteiger partial charge on any atom is 0.255 e. The van der Waals surface area contributed by atoms with E-state index >= 15 is 0 Å². The van der Waals surface area contributed by atoms with E-state index in [4.69, 9.17) is 4.74 Å². The molecule has 2 aliphatic heterocycles. The highest BCUT2D eigenvalue weighted by Crippen LogP contribution is 2.43. The Morgan fingerprint density at radius 2 is 1.71 bits per heavy atom. The zero-order valence-corrected chi connectivity index (χ0v) is 17.3. The van der Waals surface area contributed by atoms with Gasteiger partial charge in [-0.15, -0.1) is 0 Å². The molecule has 2 atom stereocenters. The normalized spacial score (nSPS) is 23.2. The molecular formula is C25H26N2O4. The Labute approximate surface area is 180 Å². The lowest BCUT2D eigenvalue weighted by Crippen LogP contribution is -2.52. The highest BCUT2D eigenvalue weighted by molar-refractivity contribution is 6.06. The van der Waals surface area contributed by atoms with E-state index in [-0.39, 0.29) is 17.6 Å². The van der Waals surface area contributed by atoms with Crippen LogP contribution in [-0.4, -0.2) is 45.7 Å². The Morgan fingerprint density at radius 3 is 2.45 bits per heavy atom. The predicted molar refractivity (Wildman–Crippen MR) is 118 cm³/mol. The topological polar surface area (TPSA) is 82.6 Å². The third-order valence-electron chi connectivity index (χ3n) is 6.66. The average Bonchev–Trinajstić information content (AvgIpc) is 2.80. The highest BCUT2D eigenvalue weighted by atomic mass is 16.5. The lowest BCUT2D eigenvalue weighted by Gasteiger charge is -2.48. The van der Waals surface area contributed by atoms with Gasteiger partial charge in [0.15, 0.2) is 0 Å². The summed E-state index contributed by atoms with van der Waals surface area (Å²) in [5, 5.41) is 11.8. The van der Waals surface area contributed by atoms with Crippen LogP contribution in [0.2, 0.25) is 0 Å². The fourth-order valence-electron chi connectivity index (χ4n) is 5.03. The van der Waals surface area contributed by atoms with E-state index in [0.717, 1.165) is 5.56 Å². The molecule has 5 rings (SSSR count). The van der Waals surface area contributed by atoms with Crippen molar-refractivity contribution in [3.8, 4) is 0 Å². The molecule has 0 unspecified atom stereocenters. The van der Waals surface area contributed by atoms with Crippen LogP contribution in [-0.2, 0) is 4.74 Å². The molecule has 2 fully saturated rings. The van der Waals surface area contributed by atoms with Crippen LogP contribution in [0.15, 0.2) is 65.6 Å². The van der Waals surface area contributed by atoms with E-state index in [2.05, 4.69) is 4.98 Å². The maximum atomic E-state index is 13.3. The molecule has 31 heavy (non-hydrogen) atoms. The molecule has 2 saturated heterocycles. The Balaban J connectivity index is 1.34. The van der Waals surface area contributed by atoms with E-state index in [1.54, 1.807) is 12.1 Å². The number of nitrogens with one attached hydrogen (secondary N) is 1. The quantitative estimate of drug-likeness (QED) is 0.668. The Kier molecular flexibility index (Phi) is 5.12. The van der Waals surface area contributed by atoms with Crippen molar-refractivity contribution in [3.63, 3.8) is 0 Å². The highest BCUT2D eigenvalue weighted by Gasteiger charge is 2.44. The first-order chi connectivity index (χ1) is 15.0. The second-order valence-electron chi connectivity index (χ2n) is 8.66. The molecule has 2 aliphatic rings. The number of aliphatic hydroxyl groups is 1. The minimum absolute atomic E-state index is 0.0849. The van der Waals surface area contributed by atoms with Gasteiger partial charge in [0.1, 0.15) is 0 Å². The van der Waals surface area contributed by atoms with Gasteiger partial charge in [0, 0.05) is 42.9 Å². The predicted octanol–water partition coefficient (Wildman–Crippen LogP) is 3.42. The molecule has 0 saturated carbocycles. The van der Waals surface area contributed by atoms with E-state index in [1.807, 2.05) is 47.4 Å². The van der Waals surface area contributed by atoms with Gasteiger partial charge in [-0.3, -0.25) is 9.59 Å². The molecule has 0 bridgehead atoms. The zero-order valence-electron chi connectivity index (χ0n) is 17.3. The number of ether oxygens (including phenoxy) is 1. The number of pyridine rings is 1. The fourth-order valence-corrected chi connectivity index (χ4v) is 5.03. The monoisotopic (exact) mass is 418 g/mol. The number of rotatable bonds is 2. The third-order valence-corrected chi connectivity index (χ3v) is 6.66. The van der Waals surface area contributed by atoms with E-state index in [0.29, 0.717) is 55.1 Å². The van der Waals surface area contributed by atoms with Crippen LogP contribution in [0.3, 0.4) is 0 Å². The standard InChI is InChI=1S/C25H26N2O4/c28-18-14-22(17-6-2-1-3-7-17)31-25(15-18)10-12-27(13-11-25)24(30)21-16-26-23(29)20-9-5-4-8-19(20)21/h1-9,16,18,22,28H,10-15H2,(H,26,29)/t18-,22+/m0/s1. The summed E-state index contributed by atoms with van der Waals surface area (Å²) in [6.45, 7) is 1.11. The number of carbonyl (C=O) groups is 1. The summed E-state index contributed by atoms with van der Waals surface area (Å²) >= 11 is 0. The van der Waals surface area contributed by atoms with Gasteiger partial charge in [0.25, 0.3) is 11.5 Å². The van der Waals surface area contributed by atoms with E-state index in [1.165, 1.54) is 6.20 Å². The number of aliphatic hydroxyl groups excluding tert-OH is 1. The van der Waals surface area contributed by atoms with E-state index in [9.17, 15) is 14.7 Å². The second-order valence-corrected chi connectivity index (χ2v) is 8.66. The van der Waals surface area contributed by atoms with Gasteiger partial charge in [0.05, 0.1) is 23.4 Å². The third kappa shape index (κ3) is 3.77. The minimum Gasteiger partial charge on any atom is -0.393 e. The number of aromatic amines is 1. The molecule has 6 heteroatoms. The van der Waals surface area contributed by atoms with Crippen molar-refractivity contribution in [2.24, 2.45) is 0 Å². The summed E-state index contributed by atoms with van der Waals surface area (Å²) in [6.07, 6.45) is 3.53. The molecule has 1 aromatic heterocycles. The number of piperidine rings is 1. The average molecular weight is 418 g/mol. The van der Waals surface area contributed by atoms with Gasteiger partial charge >= 0.3 is 0 Å². The molecule has 2 N–H and O–H groups in total. The number of H-pyrrole nitrogens is 1. The first-order valence-corrected chi connectivity index (χ1v) is 10.9. The van der Waals surface area contributed by atoms with Crippen LogP contribution in [0.1, 0.15) is 47.7 Å². The summed E-state index contributed by atoms with van der Waals surface area (Å²) < 4.78 is 6.55. The number of benzene rings is 2. The molecule has 0 radical (unpaired) electrons. The van der Waals surface area contributed by atoms with Crippen molar-refractivity contribution in [1.29, 1.82) is 0 Å². The van der Waals surface area contributed by atoms with Crippen molar-refractivity contribution in [2.45, 2.75) is 43.5 Å². The molecule has 1 spiro atoms. The molecule has 2 aromatic carbocycles. The maximum absolute atomic E-state index is 13.3. The number of likely N-dealkylation sites (tertiary alicyclic amines) is 1. The summed E-state index contributed by atoms with van der Waals surface area (Å²) in [4.78, 5) is 29.9. The lowest BCUT2D eigenvalue weighted by atomic mass is 9.80. The first kappa shape index (κ1) is 20.0. The molecule has 3 heterocycles.